The smallest absolute Gasteiger partial charge is 0.266 e. The Balaban J connectivity index is 1.34. The molecule has 5 nitrogen and oxygen atoms in total. The zero-order valence-corrected chi connectivity index (χ0v) is 26.3. The van der Waals surface area contributed by atoms with E-state index in [9.17, 15) is 9.59 Å². The number of carbonyl (C=O) groups excluding carboxylic acids is 2. The van der Waals surface area contributed by atoms with Crippen LogP contribution >= 0.6 is 0 Å². The minimum Gasteiger partial charge on any atom is -0.347 e. The van der Waals surface area contributed by atoms with E-state index >= 15 is 0 Å². The molecule has 1 aliphatic carbocycles. The Hall–Kier alpha value is -4.77. The van der Waals surface area contributed by atoms with Gasteiger partial charge < -0.3 is 4.90 Å². The maximum absolute atomic E-state index is 13.8. The van der Waals surface area contributed by atoms with E-state index in [4.69, 9.17) is 0 Å². The van der Waals surface area contributed by atoms with Crippen LogP contribution in [0.3, 0.4) is 0 Å². The number of hydrogen-bond acceptors (Lipinski definition) is 3. The summed E-state index contributed by atoms with van der Waals surface area (Å²) in [7, 11) is 4.22. The number of para-hydroxylation sites is 2. The van der Waals surface area contributed by atoms with Gasteiger partial charge in [-0.25, -0.2) is 4.90 Å². The van der Waals surface area contributed by atoms with Gasteiger partial charge in [-0.15, -0.1) is 0 Å². The Kier molecular flexibility index (Phi) is 6.29. The number of carbonyl (C=O) groups is 2. The van der Waals surface area contributed by atoms with Gasteiger partial charge in [-0.05, 0) is 67.7 Å². The number of nitrogens with zero attached hydrogens (tertiary/aromatic N) is 3. The molecule has 0 aromatic heterocycles. The number of imide groups is 1. The average Bonchev–Trinajstić information content (AvgIpc) is 3.64. The Morgan fingerprint density at radius 1 is 0.727 bits per heavy atom. The molecule has 0 bridgehead atoms. The van der Waals surface area contributed by atoms with E-state index in [1.165, 1.54) is 38.8 Å². The first-order chi connectivity index (χ1) is 21.0. The van der Waals surface area contributed by atoms with Crippen LogP contribution in [0.2, 0.25) is 0 Å². The SMILES string of the molecule is CN1/C(=C/C=C2\CCC(/C=C/C3=[N+](C)c4ccccc4C3(C)C)=C2N2C(=O)c3ccccc3C2=O)C(C)(C)c2ccccc21. The maximum atomic E-state index is 13.8. The normalized spacial score (nSPS) is 21.9. The van der Waals surface area contributed by atoms with E-state index in [0.717, 1.165) is 29.7 Å². The number of anilines is 1. The highest BCUT2D eigenvalue weighted by Gasteiger charge is 2.44. The van der Waals surface area contributed by atoms with Crippen molar-refractivity contribution in [1.29, 1.82) is 0 Å². The molecule has 0 unspecified atom stereocenters. The van der Waals surface area contributed by atoms with Gasteiger partial charge >= 0.3 is 0 Å². The van der Waals surface area contributed by atoms with Gasteiger partial charge in [0.2, 0.25) is 5.69 Å². The fraction of sp³-hybridized carbons (Fsp3) is 0.256. The van der Waals surface area contributed by atoms with Crippen molar-refractivity contribution in [3.8, 4) is 0 Å². The van der Waals surface area contributed by atoms with Crippen LogP contribution in [0.1, 0.15) is 72.4 Å². The molecule has 3 aliphatic heterocycles. The summed E-state index contributed by atoms with van der Waals surface area (Å²) < 4.78 is 2.25. The molecule has 0 saturated heterocycles. The molecule has 0 fully saturated rings. The predicted molar refractivity (Wildman–Crippen MR) is 177 cm³/mol. The lowest BCUT2D eigenvalue weighted by molar-refractivity contribution is -0.401. The van der Waals surface area contributed by atoms with Crippen LogP contribution in [-0.2, 0) is 10.8 Å². The first-order valence-corrected chi connectivity index (χ1v) is 15.4. The minimum absolute atomic E-state index is 0.173. The number of likely N-dealkylation sites (N-methyl/N-ethyl adjacent to an activating group) is 1. The second-order valence-corrected chi connectivity index (χ2v) is 13.2. The molecular weight excluding hydrogens is 542 g/mol. The van der Waals surface area contributed by atoms with Crippen molar-refractivity contribution in [2.45, 2.75) is 51.4 Å². The highest BCUT2D eigenvalue weighted by atomic mass is 16.2. The van der Waals surface area contributed by atoms with Crippen molar-refractivity contribution in [1.82, 2.24) is 4.90 Å². The molecule has 0 atom stereocenters. The van der Waals surface area contributed by atoms with Gasteiger partial charge in [-0.1, -0.05) is 74.5 Å². The van der Waals surface area contributed by atoms with Crippen molar-refractivity contribution in [2.24, 2.45) is 0 Å². The molecule has 0 spiro atoms. The van der Waals surface area contributed by atoms with Crippen molar-refractivity contribution in [3.63, 3.8) is 0 Å². The maximum Gasteiger partial charge on any atom is 0.266 e. The molecule has 0 saturated carbocycles. The number of rotatable bonds is 4. The van der Waals surface area contributed by atoms with Crippen molar-refractivity contribution >= 4 is 28.9 Å². The topological polar surface area (TPSA) is 43.6 Å². The number of fused-ring (bicyclic) bond motifs is 3. The van der Waals surface area contributed by atoms with E-state index in [0.29, 0.717) is 11.1 Å². The summed E-state index contributed by atoms with van der Waals surface area (Å²) in [5, 5.41) is 0. The Morgan fingerprint density at radius 2 is 1.34 bits per heavy atom. The van der Waals surface area contributed by atoms with Gasteiger partial charge in [-0.3, -0.25) is 9.59 Å². The molecule has 0 N–H and O–H groups in total. The predicted octanol–water partition coefficient (Wildman–Crippen LogP) is 7.83. The molecule has 220 valence electrons. The van der Waals surface area contributed by atoms with Gasteiger partial charge in [0.05, 0.1) is 22.2 Å². The lowest BCUT2D eigenvalue weighted by Crippen LogP contribution is -2.30. The molecule has 5 heteroatoms. The zero-order chi connectivity index (χ0) is 31.0. The number of allylic oxidation sites excluding steroid dienone is 7. The third-order valence-corrected chi connectivity index (χ3v) is 10.1. The van der Waals surface area contributed by atoms with Crippen molar-refractivity contribution in [3.05, 3.63) is 142 Å². The van der Waals surface area contributed by atoms with Gasteiger partial charge in [0, 0.05) is 41.6 Å². The van der Waals surface area contributed by atoms with Crippen LogP contribution in [-0.4, -0.2) is 41.1 Å². The molecule has 3 aromatic rings. The summed E-state index contributed by atoms with van der Waals surface area (Å²) in [6.45, 7) is 8.99. The van der Waals surface area contributed by atoms with Crippen LogP contribution in [0, 0.1) is 0 Å². The minimum atomic E-state index is -0.254. The van der Waals surface area contributed by atoms with Crippen molar-refractivity contribution in [2.75, 3.05) is 19.0 Å². The fourth-order valence-corrected chi connectivity index (χ4v) is 7.68. The third kappa shape index (κ3) is 3.95. The number of benzene rings is 3. The van der Waals surface area contributed by atoms with Crippen LogP contribution in [0.15, 0.2) is 120 Å². The summed E-state index contributed by atoms with van der Waals surface area (Å²) in [6, 6.07) is 24.2. The largest absolute Gasteiger partial charge is 0.347 e. The second-order valence-electron chi connectivity index (χ2n) is 13.2. The van der Waals surface area contributed by atoms with Gasteiger partial charge in [0.25, 0.3) is 11.8 Å². The summed E-state index contributed by atoms with van der Waals surface area (Å²) >= 11 is 0. The molecule has 3 aromatic carbocycles. The molecular formula is C39H38N3O2+. The summed E-state index contributed by atoms with van der Waals surface area (Å²) in [4.78, 5) is 31.3. The lowest BCUT2D eigenvalue weighted by atomic mass is 9.81. The van der Waals surface area contributed by atoms with Crippen LogP contribution < -0.4 is 4.90 Å². The Labute approximate surface area is 259 Å². The van der Waals surface area contributed by atoms with E-state index in [1.54, 1.807) is 12.1 Å². The summed E-state index contributed by atoms with van der Waals surface area (Å²) in [5.41, 5.74) is 10.6. The molecule has 4 aliphatic rings. The average molecular weight is 581 g/mol. The van der Waals surface area contributed by atoms with Gasteiger partial charge in [0.15, 0.2) is 5.71 Å². The lowest BCUT2D eigenvalue weighted by Gasteiger charge is -2.24. The number of amides is 2. The van der Waals surface area contributed by atoms with E-state index in [1.807, 2.05) is 12.1 Å². The van der Waals surface area contributed by atoms with Crippen molar-refractivity contribution < 1.29 is 14.2 Å². The molecule has 7 rings (SSSR count). The molecule has 2 amide bonds. The molecule has 44 heavy (non-hydrogen) atoms. The molecule has 0 radical (unpaired) electrons. The molecule has 3 heterocycles. The van der Waals surface area contributed by atoms with E-state index in [2.05, 4.69) is 124 Å². The Bertz CT molecular complexity index is 1900. The quantitative estimate of drug-likeness (QED) is 0.233. The fourth-order valence-electron chi connectivity index (χ4n) is 7.68. The van der Waals surface area contributed by atoms with E-state index in [-0.39, 0.29) is 22.6 Å². The van der Waals surface area contributed by atoms with Gasteiger partial charge in [0.1, 0.15) is 7.05 Å². The van der Waals surface area contributed by atoms with Crippen LogP contribution in [0.5, 0.6) is 0 Å². The number of hydrogen-bond donors (Lipinski definition) is 0. The third-order valence-electron chi connectivity index (χ3n) is 10.1. The standard InChI is InChI=1S/C39H38N3O2/c1-38(2)29-15-9-11-17-31(29)40(5)33(38)23-21-25-19-20-26(35(25)42-36(43)27-13-7-8-14-28(27)37(42)44)22-24-34-39(3,4)30-16-10-12-18-32(30)41(34)6/h7-18,21-24H,19-20H2,1-6H3/q+1. The zero-order valence-electron chi connectivity index (χ0n) is 26.3. The summed E-state index contributed by atoms with van der Waals surface area (Å²) in [6.07, 6.45) is 10.1. The first kappa shape index (κ1) is 28.0. The monoisotopic (exact) mass is 580 g/mol. The Morgan fingerprint density at radius 3 is 2.00 bits per heavy atom. The summed E-state index contributed by atoms with van der Waals surface area (Å²) in [5.74, 6) is -0.507. The highest BCUT2D eigenvalue weighted by Crippen LogP contribution is 2.47. The van der Waals surface area contributed by atoms with Crippen LogP contribution in [0.25, 0.3) is 0 Å². The van der Waals surface area contributed by atoms with Gasteiger partial charge in [-0.2, -0.15) is 4.58 Å². The highest BCUT2D eigenvalue weighted by molar-refractivity contribution is 6.23. The second kappa shape index (κ2) is 9.88. The van der Waals surface area contributed by atoms with E-state index < -0.39 is 0 Å². The first-order valence-electron chi connectivity index (χ1n) is 15.4. The van der Waals surface area contributed by atoms with Crippen LogP contribution in [0.4, 0.5) is 11.4 Å².